The van der Waals surface area contributed by atoms with Crippen molar-refractivity contribution >= 4 is 15.9 Å². The lowest BCUT2D eigenvalue weighted by Crippen LogP contribution is -2.12. The fourth-order valence-corrected chi connectivity index (χ4v) is 2.61. The molecule has 0 bridgehead atoms. The van der Waals surface area contributed by atoms with E-state index in [-0.39, 0.29) is 6.04 Å². The van der Waals surface area contributed by atoms with Crippen molar-refractivity contribution < 1.29 is 4.52 Å². The van der Waals surface area contributed by atoms with Gasteiger partial charge >= 0.3 is 0 Å². The molecule has 0 saturated heterocycles. The molecule has 1 aliphatic carbocycles. The summed E-state index contributed by atoms with van der Waals surface area (Å²) >= 11 is 3.52. The van der Waals surface area contributed by atoms with Gasteiger partial charge in [0, 0.05) is 10.0 Å². The minimum atomic E-state index is -0.115. The molecule has 0 spiro atoms. The number of aromatic nitrogens is 2. The summed E-state index contributed by atoms with van der Waals surface area (Å²) in [5, 5.41) is 4.01. The lowest BCUT2D eigenvalue weighted by Gasteiger charge is -2.02. The van der Waals surface area contributed by atoms with Gasteiger partial charge in [-0.3, -0.25) is 0 Å². The molecular formula is C13H14BrN3O. The van der Waals surface area contributed by atoms with Crippen LogP contribution in [-0.2, 0) is 0 Å². The highest BCUT2D eigenvalue weighted by Gasteiger charge is 2.33. The molecule has 1 aliphatic rings. The van der Waals surface area contributed by atoms with Crippen LogP contribution < -0.4 is 5.73 Å². The van der Waals surface area contributed by atoms with Gasteiger partial charge in [-0.1, -0.05) is 27.2 Å². The topological polar surface area (TPSA) is 64.9 Å². The summed E-state index contributed by atoms with van der Waals surface area (Å²) in [6.45, 7) is 2.04. The van der Waals surface area contributed by atoms with E-state index in [0.717, 1.165) is 22.9 Å². The van der Waals surface area contributed by atoms with Crippen LogP contribution in [-0.4, -0.2) is 10.1 Å². The summed E-state index contributed by atoms with van der Waals surface area (Å²) in [5.41, 5.74) is 8.16. The summed E-state index contributed by atoms with van der Waals surface area (Å²) in [6, 6.07) is 5.93. The van der Waals surface area contributed by atoms with Gasteiger partial charge in [-0.15, -0.1) is 0 Å². The second-order valence-corrected chi connectivity index (χ2v) is 5.66. The average Bonchev–Trinajstić information content (AvgIpc) is 3.07. The van der Waals surface area contributed by atoms with Gasteiger partial charge in [0.25, 0.3) is 0 Å². The molecule has 1 unspecified atom stereocenters. The Hall–Kier alpha value is -1.20. The summed E-state index contributed by atoms with van der Waals surface area (Å²) in [4.78, 5) is 4.40. The van der Waals surface area contributed by atoms with Crippen LogP contribution >= 0.6 is 15.9 Å². The Bertz CT molecular complexity index is 577. The van der Waals surface area contributed by atoms with Gasteiger partial charge in [0.1, 0.15) is 0 Å². The fraction of sp³-hybridized carbons (Fsp3) is 0.385. The van der Waals surface area contributed by atoms with E-state index in [4.69, 9.17) is 10.3 Å². The Balaban J connectivity index is 1.92. The highest BCUT2D eigenvalue weighted by Crippen LogP contribution is 2.39. The van der Waals surface area contributed by atoms with E-state index in [9.17, 15) is 0 Å². The Kier molecular flexibility index (Phi) is 2.95. The van der Waals surface area contributed by atoms with E-state index in [1.807, 2.05) is 25.1 Å². The van der Waals surface area contributed by atoms with Crippen molar-refractivity contribution in [2.45, 2.75) is 25.8 Å². The molecule has 4 nitrogen and oxygen atoms in total. The molecule has 1 saturated carbocycles. The molecule has 18 heavy (non-hydrogen) atoms. The Labute approximate surface area is 114 Å². The zero-order valence-electron chi connectivity index (χ0n) is 10.1. The number of hydrogen-bond donors (Lipinski definition) is 1. The predicted molar refractivity (Wildman–Crippen MR) is 71.8 cm³/mol. The zero-order chi connectivity index (χ0) is 12.7. The summed E-state index contributed by atoms with van der Waals surface area (Å²) in [5.74, 6) is 1.65. The van der Waals surface area contributed by atoms with E-state index in [0.29, 0.717) is 17.6 Å². The third-order valence-electron chi connectivity index (χ3n) is 3.22. The molecule has 1 atom stereocenters. The van der Waals surface area contributed by atoms with Crippen LogP contribution in [0.25, 0.3) is 11.4 Å². The summed E-state index contributed by atoms with van der Waals surface area (Å²) in [7, 11) is 0. The van der Waals surface area contributed by atoms with Crippen LogP contribution in [0.2, 0.25) is 0 Å². The molecule has 1 heterocycles. The molecule has 0 radical (unpaired) electrons. The normalized spacial score (nSPS) is 16.8. The van der Waals surface area contributed by atoms with Crippen molar-refractivity contribution in [2.75, 3.05) is 0 Å². The van der Waals surface area contributed by atoms with E-state index in [1.54, 1.807) is 0 Å². The fourth-order valence-electron chi connectivity index (χ4n) is 1.94. The van der Waals surface area contributed by atoms with E-state index in [2.05, 4.69) is 26.1 Å². The second kappa shape index (κ2) is 4.48. The van der Waals surface area contributed by atoms with Gasteiger partial charge in [0.2, 0.25) is 11.7 Å². The predicted octanol–water partition coefficient (Wildman–Crippen LogP) is 3.22. The molecular weight excluding hydrogens is 294 g/mol. The van der Waals surface area contributed by atoms with Gasteiger partial charge in [-0.2, -0.15) is 4.98 Å². The number of nitrogens with zero attached hydrogens (tertiary/aromatic N) is 2. The SMILES string of the molecule is Cc1ccc(-c2noc(C(N)C3CC3)n2)c(Br)c1. The summed E-state index contributed by atoms with van der Waals surface area (Å²) in [6.07, 6.45) is 2.32. The lowest BCUT2D eigenvalue weighted by molar-refractivity contribution is 0.343. The van der Waals surface area contributed by atoms with E-state index in [1.165, 1.54) is 5.56 Å². The molecule has 0 amide bonds. The molecule has 3 rings (SSSR count). The van der Waals surface area contributed by atoms with Gasteiger partial charge in [-0.25, -0.2) is 0 Å². The van der Waals surface area contributed by atoms with E-state index < -0.39 is 0 Å². The molecule has 1 fully saturated rings. The number of hydrogen-bond acceptors (Lipinski definition) is 4. The first-order chi connectivity index (χ1) is 8.65. The highest BCUT2D eigenvalue weighted by atomic mass is 79.9. The van der Waals surface area contributed by atoms with Gasteiger partial charge in [0.05, 0.1) is 6.04 Å². The number of nitrogens with two attached hydrogens (primary N) is 1. The first-order valence-corrected chi connectivity index (χ1v) is 6.80. The molecule has 5 heteroatoms. The largest absolute Gasteiger partial charge is 0.337 e. The van der Waals surface area contributed by atoms with Crippen LogP contribution in [0.4, 0.5) is 0 Å². The monoisotopic (exact) mass is 307 g/mol. The maximum absolute atomic E-state index is 6.05. The van der Waals surface area contributed by atoms with Crippen LogP contribution in [0.15, 0.2) is 27.2 Å². The first-order valence-electron chi connectivity index (χ1n) is 6.01. The Morgan fingerprint density at radius 3 is 2.89 bits per heavy atom. The smallest absolute Gasteiger partial charge is 0.244 e. The molecule has 0 aliphatic heterocycles. The van der Waals surface area contributed by atoms with E-state index >= 15 is 0 Å². The molecule has 2 N–H and O–H groups in total. The number of aryl methyl sites for hydroxylation is 1. The molecule has 1 aromatic heterocycles. The standard InChI is InChI=1S/C13H14BrN3O/c1-7-2-5-9(10(14)6-7)12-16-13(18-17-12)11(15)8-3-4-8/h2,5-6,8,11H,3-4,15H2,1H3. The average molecular weight is 308 g/mol. The third-order valence-corrected chi connectivity index (χ3v) is 3.88. The van der Waals surface area contributed by atoms with Crippen LogP contribution in [0.1, 0.15) is 30.3 Å². The zero-order valence-corrected chi connectivity index (χ0v) is 11.6. The summed E-state index contributed by atoms with van der Waals surface area (Å²) < 4.78 is 6.23. The van der Waals surface area contributed by atoms with Crippen molar-refractivity contribution in [2.24, 2.45) is 11.7 Å². The van der Waals surface area contributed by atoms with Gasteiger partial charge in [0.15, 0.2) is 0 Å². The molecule has 2 aromatic rings. The molecule has 1 aromatic carbocycles. The first kappa shape index (κ1) is 11.9. The number of halogens is 1. The van der Waals surface area contributed by atoms with Gasteiger partial charge in [-0.05, 0) is 43.4 Å². The van der Waals surface area contributed by atoms with Crippen molar-refractivity contribution in [3.8, 4) is 11.4 Å². The minimum absolute atomic E-state index is 0.115. The van der Waals surface area contributed by atoms with Gasteiger partial charge < -0.3 is 10.3 Å². The van der Waals surface area contributed by atoms with Crippen molar-refractivity contribution in [1.82, 2.24) is 10.1 Å². The van der Waals surface area contributed by atoms with Crippen molar-refractivity contribution in [1.29, 1.82) is 0 Å². The maximum Gasteiger partial charge on any atom is 0.244 e. The Morgan fingerprint density at radius 1 is 1.44 bits per heavy atom. The van der Waals surface area contributed by atoms with Crippen molar-refractivity contribution in [3.05, 3.63) is 34.1 Å². The maximum atomic E-state index is 6.05. The quantitative estimate of drug-likeness (QED) is 0.945. The number of benzene rings is 1. The van der Waals surface area contributed by atoms with Crippen LogP contribution in [0, 0.1) is 12.8 Å². The Morgan fingerprint density at radius 2 is 2.22 bits per heavy atom. The molecule has 94 valence electrons. The number of rotatable bonds is 3. The highest BCUT2D eigenvalue weighted by molar-refractivity contribution is 9.10. The lowest BCUT2D eigenvalue weighted by atomic mass is 10.1. The van der Waals surface area contributed by atoms with Crippen molar-refractivity contribution in [3.63, 3.8) is 0 Å². The second-order valence-electron chi connectivity index (χ2n) is 4.80. The van der Waals surface area contributed by atoms with Crippen LogP contribution in [0.5, 0.6) is 0 Å². The minimum Gasteiger partial charge on any atom is -0.337 e. The van der Waals surface area contributed by atoms with Crippen LogP contribution in [0.3, 0.4) is 0 Å². The third kappa shape index (κ3) is 2.20.